The quantitative estimate of drug-likeness (QED) is 0.340. The lowest BCUT2D eigenvalue weighted by atomic mass is 10.1. The molecule has 0 radical (unpaired) electrons. The molecule has 1 amide bonds. The summed E-state index contributed by atoms with van der Waals surface area (Å²) in [7, 11) is 1.71. The fourth-order valence-corrected chi connectivity index (χ4v) is 4.12. The highest BCUT2D eigenvalue weighted by Crippen LogP contribution is 2.17. The van der Waals surface area contributed by atoms with E-state index in [1.165, 1.54) is 22.2 Å². The van der Waals surface area contributed by atoms with Crippen LogP contribution in [0.3, 0.4) is 0 Å². The summed E-state index contributed by atoms with van der Waals surface area (Å²) >= 11 is 1.26. The van der Waals surface area contributed by atoms with Crippen LogP contribution in [0.15, 0.2) is 28.2 Å². The van der Waals surface area contributed by atoms with Gasteiger partial charge >= 0.3 is 0 Å². The Bertz CT molecular complexity index is 929. The van der Waals surface area contributed by atoms with Gasteiger partial charge in [-0.2, -0.15) is 0 Å². The van der Waals surface area contributed by atoms with Crippen LogP contribution in [0.2, 0.25) is 0 Å². The number of carbonyl (C=O) groups excluding carboxylic acids is 1. The normalized spacial score (nSPS) is 15.8. The van der Waals surface area contributed by atoms with E-state index in [4.69, 9.17) is 4.74 Å². The van der Waals surface area contributed by atoms with Crippen LogP contribution in [0.4, 0.5) is 5.69 Å². The lowest BCUT2D eigenvalue weighted by Gasteiger charge is -2.24. The van der Waals surface area contributed by atoms with Gasteiger partial charge in [0.1, 0.15) is 6.54 Å². The van der Waals surface area contributed by atoms with Gasteiger partial charge in [-0.1, -0.05) is 17.8 Å². The maximum Gasteiger partial charge on any atom is 0.260 e. The van der Waals surface area contributed by atoms with E-state index in [9.17, 15) is 9.59 Å². The van der Waals surface area contributed by atoms with Crippen LogP contribution in [0.5, 0.6) is 0 Å². The second-order valence-electron chi connectivity index (χ2n) is 7.46. The molecule has 0 spiro atoms. The minimum Gasteiger partial charge on any atom is -0.384 e. The molecule has 2 heterocycles. The first-order valence-corrected chi connectivity index (χ1v) is 10.9. The summed E-state index contributed by atoms with van der Waals surface area (Å²) in [6, 6.07) is 5.84. The Morgan fingerprint density at radius 1 is 1.34 bits per heavy atom. The van der Waals surface area contributed by atoms with Gasteiger partial charge < -0.3 is 19.9 Å². The van der Waals surface area contributed by atoms with Crippen molar-refractivity contribution in [2.45, 2.75) is 38.4 Å². The lowest BCUT2D eigenvalue weighted by molar-refractivity contribution is -0.916. The van der Waals surface area contributed by atoms with Crippen LogP contribution in [-0.2, 0) is 22.5 Å². The molecule has 7 nitrogen and oxygen atoms in total. The monoisotopic (exact) mass is 417 g/mol. The highest BCUT2D eigenvalue weighted by Gasteiger charge is 2.24. The Balaban J connectivity index is 1.57. The molecular formula is C21H29N4O3S+. The maximum absolute atomic E-state index is 12.5. The summed E-state index contributed by atoms with van der Waals surface area (Å²) in [5.74, 6) is 0.0793. The zero-order chi connectivity index (χ0) is 20.8. The predicted octanol–water partition coefficient (Wildman–Crippen LogP) is 1.10. The first-order valence-electron chi connectivity index (χ1n) is 9.90. The minimum atomic E-state index is -0.118. The van der Waals surface area contributed by atoms with Crippen molar-refractivity contribution < 1.29 is 14.4 Å². The van der Waals surface area contributed by atoms with Gasteiger partial charge in [0.2, 0.25) is 5.91 Å². The number of ether oxygens (including phenoxy) is 1. The third-order valence-electron chi connectivity index (χ3n) is 5.23. The number of hydrogen-bond acceptors (Lipinski definition) is 5. The molecule has 1 atom stereocenters. The zero-order valence-electron chi connectivity index (χ0n) is 17.3. The standard InChI is InChI=1S/C21H28N4O3S/c1-14-5-6-16(11-15(14)2)22-19(26)13-29-21-23-18-7-9-25(8-4-10-28-3)12-17(18)20(27)24-21/h5-6,11H,4,7-10,12-13H2,1-3H3,(H,22,26)(H,23,24,27)/p+1. The van der Waals surface area contributed by atoms with Crippen LogP contribution >= 0.6 is 11.8 Å². The largest absolute Gasteiger partial charge is 0.384 e. The van der Waals surface area contributed by atoms with Crippen LogP contribution in [0.1, 0.15) is 28.8 Å². The number of hydrogen-bond donors (Lipinski definition) is 3. The van der Waals surface area contributed by atoms with E-state index in [-0.39, 0.29) is 17.2 Å². The number of nitrogens with zero attached hydrogens (tertiary/aromatic N) is 1. The molecule has 0 bridgehead atoms. The van der Waals surface area contributed by atoms with Gasteiger partial charge in [0.05, 0.1) is 36.7 Å². The Hall–Kier alpha value is -2.16. The van der Waals surface area contributed by atoms with Crippen molar-refractivity contribution in [1.82, 2.24) is 9.97 Å². The van der Waals surface area contributed by atoms with E-state index in [0.717, 1.165) is 55.0 Å². The number of aromatic amines is 1. The molecule has 156 valence electrons. The molecular weight excluding hydrogens is 388 g/mol. The molecule has 1 aromatic heterocycles. The fraction of sp³-hybridized carbons (Fsp3) is 0.476. The number of methoxy groups -OCH3 is 1. The maximum atomic E-state index is 12.5. The molecule has 0 saturated carbocycles. The van der Waals surface area contributed by atoms with Crippen molar-refractivity contribution in [2.24, 2.45) is 0 Å². The van der Waals surface area contributed by atoms with Crippen LogP contribution in [0, 0.1) is 13.8 Å². The van der Waals surface area contributed by atoms with E-state index in [1.54, 1.807) is 7.11 Å². The first-order chi connectivity index (χ1) is 14.0. The molecule has 0 fully saturated rings. The fourth-order valence-electron chi connectivity index (χ4n) is 3.44. The smallest absolute Gasteiger partial charge is 0.260 e. The molecule has 29 heavy (non-hydrogen) atoms. The summed E-state index contributed by atoms with van der Waals surface area (Å²) in [5, 5.41) is 3.40. The topological polar surface area (TPSA) is 88.5 Å². The predicted molar refractivity (Wildman–Crippen MR) is 115 cm³/mol. The number of fused-ring (bicyclic) bond motifs is 1. The summed E-state index contributed by atoms with van der Waals surface area (Å²) in [5.41, 5.74) is 4.65. The number of quaternary nitrogens is 1. The molecule has 2 aromatic rings. The van der Waals surface area contributed by atoms with Gasteiger partial charge in [-0.25, -0.2) is 4.98 Å². The van der Waals surface area contributed by atoms with E-state index < -0.39 is 0 Å². The number of H-pyrrole nitrogens is 1. The number of anilines is 1. The third kappa shape index (κ3) is 5.91. The highest BCUT2D eigenvalue weighted by molar-refractivity contribution is 7.99. The van der Waals surface area contributed by atoms with Crippen molar-refractivity contribution in [2.75, 3.05) is 37.9 Å². The van der Waals surface area contributed by atoms with Gasteiger partial charge in [0.25, 0.3) is 5.56 Å². The SMILES string of the molecule is COCCC[NH+]1CCc2nc(SCC(=O)Nc3ccc(C)c(C)c3)[nH]c(=O)c2C1. The molecule has 0 saturated heterocycles. The molecule has 3 N–H and O–H groups in total. The van der Waals surface area contributed by atoms with Crippen molar-refractivity contribution in [3.05, 3.63) is 50.9 Å². The van der Waals surface area contributed by atoms with Crippen LogP contribution in [0.25, 0.3) is 0 Å². The molecule has 1 aliphatic heterocycles. The third-order valence-corrected chi connectivity index (χ3v) is 6.10. The Morgan fingerprint density at radius 3 is 2.93 bits per heavy atom. The molecule has 8 heteroatoms. The van der Waals surface area contributed by atoms with Gasteiger partial charge in [0, 0.05) is 25.6 Å². The van der Waals surface area contributed by atoms with Crippen molar-refractivity contribution in [1.29, 1.82) is 0 Å². The second kappa shape index (κ2) is 10.0. The number of thioether (sulfide) groups is 1. The Morgan fingerprint density at radius 2 is 2.17 bits per heavy atom. The van der Waals surface area contributed by atoms with Gasteiger partial charge in [-0.3, -0.25) is 9.59 Å². The summed E-state index contributed by atoms with van der Waals surface area (Å²) < 4.78 is 5.11. The Kier molecular flexibility index (Phi) is 7.46. The number of amides is 1. The molecule has 0 aliphatic carbocycles. The van der Waals surface area contributed by atoms with Crippen molar-refractivity contribution in [3.63, 3.8) is 0 Å². The lowest BCUT2D eigenvalue weighted by Crippen LogP contribution is -3.12. The second-order valence-corrected chi connectivity index (χ2v) is 8.42. The number of nitrogens with one attached hydrogen (secondary N) is 3. The van der Waals surface area contributed by atoms with Gasteiger partial charge in [0.15, 0.2) is 5.16 Å². The van der Waals surface area contributed by atoms with Crippen LogP contribution < -0.4 is 15.8 Å². The van der Waals surface area contributed by atoms with E-state index in [0.29, 0.717) is 11.7 Å². The molecule has 3 rings (SSSR count). The molecule has 1 aliphatic rings. The van der Waals surface area contributed by atoms with Crippen LogP contribution in [-0.4, -0.2) is 48.4 Å². The van der Waals surface area contributed by atoms with Gasteiger partial charge in [-0.15, -0.1) is 0 Å². The zero-order valence-corrected chi connectivity index (χ0v) is 18.1. The number of aromatic nitrogens is 2. The number of aryl methyl sites for hydroxylation is 2. The number of rotatable bonds is 8. The summed E-state index contributed by atoms with van der Waals surface area (Å²) in [6.45, 7) is 7.44. The van der Waals surface area contributed by atoms with E-state index in [1.807, 2.05) is 32.0 Å². The van der Waals surface area contributed by atoms with E-state index in [2.05, 4.69) is 15.3 Å². The van der Waals surface area contributed by atoms with Crippen molar-refractivity contribution >= 4 is 23.4 Å². The van der Waals surface area contributed by atoms with Gasteiger partial charge in [-0.05, 0) is 37.1 Å². The Labute approximate surface area is 175 Å². The number of benzene rings is 1. The molecule has 1 unspecified atom stereocenters. The average molecular weight is 418 g/mol. The summed E-state index contributed by atoms with van der Waals surface area (Å²) in [6.07, 6.45) is 1.76. The van der Waals surface area contributed by atoms with E-state index >= 15 is 0 Å². The average Bonchev–Trinajstić information content (AvgIpc) is 2.70. The first kappa shape index (κ1) is 21.5. The highest BCUT2D eigenvalue weighted by atomic mass is 32.2. The summed E-state index contributed by atoms with van der Waals surface area (Å²) in [4.78, 5) is 33.6. The minimum absolute atomic E-state index is 0.0870. The van der Waals surface area contributed by atoms with Crippen molar-refractivity contribution in [3.8, 4) is 0 Å². The molecule has 1 aromatic carbocycles. The number of carbonyl (C=O) groups is 1.